The number of rotatable bonds is 2. The number of aliphatic carboxylic acids is 1. The molecule has 2 heterocycles. The van der Waals surface area contributed by atoms with Gasteiger partial charge in [0, 0.05) is 12.6 Å². The number of fused-ring (bicyclic) bond motifs is 1. The summed E-state index contributed by atoms with van der Waals surface area (Å²) in [5, 5.41) is 13.1. The Morgan fingerprint density at radius 3 is 2.89 bits per heavy atom. The summed E-state index contributed by atoms with van der Waals surface area (Å²) < 4.78 is 4.95. The quantitative estimate of drug-likeness (QED) is 0.870. The number of carbonyl (C=O) groups is 2. The number of carboxylic acids is 1. The summed E-state index contributed by atoms with van der Waals surface area (Å²) in [6.45, 7) is 2.24. The standard InChI is InChI=1S/C13H16N2O4/c1-7-5-10(19-14-7)12(16)15-6-8-3-2-4-9(8)11(15)13(17)18/h5,8-9,11H,2-4,6H2,1H3,(H,17,18). The van der Waals surface area contributed by atoms with Crippen LogP contribution < -0.4 is 0 Å². The van der Waals surface area contributed by atoms with Crippen LogP contribution in [0.25, 0.3) is 0 Å². The predicted octanol–water partition coefficient (Wildman–Crippen LogP) is 1.31. The van der Waals surface area contributed by atoms with E-state index >= 15 is 0 Å². The Kier molecular flexibility index (Phi) is 2.80. The van der Waals surface area contributed by atoms with Gasteiger partial charge in [0.1, 0.15) is 6.04 Å². The Balaban J connectivity index is 1.87. The van der Waals surface area contributed by atoms with Gasteiger partial charge in [0.25, 0.3) is 5.91 Å². The second kappa shape index (κ2) is 4.36. The molecule has 1 saturated carbocycles. The number of aromatic nitrogens is 1. The molecule has 1 aromatic rings. The van der Waals surface area contributed by atoms with Gasteiger partial charge in [-0.2, -0.15) is 0 Å². The summed E-state index contributed by atoms with van der Waals surface area (Å²) in [4.78, 5) is 25.2. The molecule has 3 atom stereocenters. The molecule has 0 spiro atoms. The molecule has 1 aliphatic carbocycles. The molecule has 1 aliphatic heterocycles. The normalized spacial score (nSPS) is 29.5. The lowest BCUT2D eigenvalue weighted by Gasteiger charge is -2.23. The molecule has 19 heavy (non-hydrogen) atoms. The van der Waals surface area contributed by atoms with Crippen molar-refractivity contribution in [1.82, 2.24) is 10.1 Å². The molecule has 2 aliphatic rings. The van der Waals surface area contributed by atoms with E-state index in [1.54, 1.807) is 13.0 Å². The summed E-state index contributed by atoms with van der Waals surface area (Å²) in [6.07, 6.45) is 2.96. The zero-order valence-corrected chi connectivity index (χ0v) is 10.7. The van der Waals surface area contributed by atoms with E-state index in [9.17, 15) is 14.7 Å². The van der Waals surface area contributed by atoms with E-state index in [2.05, 4.69) is 5.16 Å². The molecule has 3 rings (SSSR count). The third-order valence-corrected chi connectivity index (χ3v) is 4.24. The summed E-state index contributed by atoms with van der Waals surface area (Å²) in [7, 11) is 0. The van der Waals surface area contributed by atoms with Crippen LogP contribution in [0.3, 0.4) is 0 Å². The van der Waals surface area contributed by atoms with Crippen LogP contribution in [0, 0.1) is 18.8 Å². The second-order valence-corrected chi connectivity index (χ2v) is 5.43. The molecule has 1 amide bonds. The maximum atomic E-state index is 12.3. The second-order valence-electron chi connectivity index (χ2n) is 5.43. The summed E-state index contributed by atoms with van der Waals surface area (Å²) >= 11 is 0. The first-order valence-corrected chi connectivity index (χ1v) is 6.55. The lowest BCUT2D eigenvalue weighted by Crippen LogP contribution is -2.43. The van der Waals surface area contributed by atoms with E-state index in [1.165, 1.54) is 4.90 Å². The molecule has 1 aromatic heterocycles. The Hall–Kier alpha value is -1.85. The van der Waals surface area contributed by atoms with Crippen LogP contribution in [-0.4, -0.2) is 39.6 Å². The van der Waals surface area contributed by atoms with E-state index < -0.39 is 12.0 Å². The fourth-order valence-electron chi connectivity index (χ4n) is 3.44. The minimum atomic E-state index is -0.918. The van der Waals surface area contributed by atoms with E-state index in [-0.39, 0.29) is 17.6 Å². The average molecular weight is 264 g/mol. The van der Waals surface area contributed by atoms with Crippen molar-refractivity contribution in [3.63, 3.8) is 0 Å². The van der Waals surface area contributed by atoms with Gasteiger partial charge in [-0.3, -0.25) is 4.79 Å². The van der Waals surface area contributed by atoms with Crippen LogP contribution in [0.5, 0.6) is 0 Å². The van der Waals surface area contributed by atoms with Crippen molar-refractivity contribution >= 4 is 11.9 Å². The van der Waals surface area contributed by atoms with Crippen LogP contribution in [-0.2, 0) is 4.79 Å². The molecule has 6 nitrogen and oxygen atoms in total. The van der Waals surface area contributed by atoms with Gasteiger partial charge in [0.05, 0.1) is 5.69 Å². The lowest BCUT2D eigenvalue weighted by atomic mass is 9.94. The van der Waals surface area contributed by atoms with Crippen LogP contribution in [0.15, 0.2) is 10.6 Å². The molecule has 1 N–H and O–H groups in total. The number of nitrogens with zero attached hydrogens (tertiary/aromatic N) is 2. The lowest BCUT2D eigenvalue weighted by molar-refractivity contribution is -0.142. The topological polar surface area (TPSA) is 83.6 Å². The molecular formula is C13H16N2O4. The number of carboxylic acid groups (broad SMARTS) is 1. The highest BCUT2D eigenvalue weighted by Gasteiger charge is 2.50. The van der Waals surface area contributed by atoms with Gasteiger partial charge < -0.3 is 14.5 Å². The van der Waals surface area contributed by atoms with E-state index in [0.29, 0.717) is 18.2 Å². The number of aryl methyl sites for hydroxylation is 1. The van der Waals surface area contributed by atoms with Crippen molar-refractivity contribution in [2.45, 2.75) is 32.2 Å². The van der Waals surface area contributed by atoms with Gasteiger partial charge in [-0.25, -0.2) is 4.79 Å². The Bertz CT molecular complexity index is 524. The zero-order valence-electron chi connectivity index (χ0n) is 10.7. The van der Waals surface area contributed by atoms with E-state index in [4.69, 9.17) is 4.52 Å². The molecule has 6 heteroatoms. The van der Waals surface area contributed by atoms with Gasteiger partial charge in [-0.1, -0.05) is 11.6 Å². The monoisotopic (exact) mass is 264 g/mol. The van der Waals surface area contributed by atoms with Crippen molar-refractivity contribution < 1.29 is 19.2 Å². The molecule has 102 valence electrons. The first-order valence-electron chi connectivity index (χ1n) is 6.55. The fourth-order valence-corrected chi connectivity index (χ4v) is 3.44. The summed E-state index contributed by atoms with van der Waals surface area (Å²) in [5.41, 5.74) is 0.620. The Labute approximate surface area is 110 Å². The van der Waals surface area contributed by atoms with Crippen molar-refractivity contribution in [1.29, 1.82) is 0 Å². The molecule has 1 saturated heterocycles. The highest BCUT2D eigenvalue weighted by molar-refractivity contribution is 5.94. The first kappa shape index (κ1) is 12.2. The van der Waals surface area contributed by atoms with Crippen LogP contribution in [0.4, 0.5) is 0 Å². The Morgan fingerprint density at radius 2 is 2.26 bits per heavy atom. The zero-order chi connectivity index (χ0) is 13.6. The number of carbonyl (C=O) groups excluding carboxylic acids is 1. The van der Waals surface area contributed by atoms with Crippen molar-refractivity contribution in [2.24, 2.45) is 11.8 Å². The minimum Gasteiger partial charge on any atom is -0.480 e. The summed E-state index contributed by atoms with van der Waals surface area (Å²) in [5.74, 6) is -0.746. The van der Waals surface area contributed by atoms with Gasteiger partial charge in [0.2, 0.25) is 5.76 Å². The van der Waals surface area contributed by atoms with Crippen LogP contribution in [0.2, 0.25) is 0 Å². The summed E-state index contributed by atoms with van der Waals surface area (Å²) in [6, 6.07) is 0.834. The predicted molar refractivity (Wildman–Crippen MR) is 64.5 cm³/mol. The molecule has 0 aromatic carbocycles. The number of amides is 1. The maximum Gasteiger partial charge on any atom is 0.326 e. The number of hydrogen-bond acceptors (Lipinski definition) is 4. The molecule has 0 radical (unpaired) electrons. The smallest absolute Gasteiger partial charge is 0.326 e. The molecule has 3 unspecified atom stereocenters. The van der Waals surface area contributed by atoms with Gasteiger partial charge >= 0.3 is 5.97 Å². The van der Waals surface area contributed by atoms with Gasteiger partial charge in [-0.15, -0.1) is 0 Å². The van der Waals surface area contributed by atoms with Gasteiger partial charge in [0.15, 0.2) is 0 Å². The number of likely N-dealkylation sites (tertiary alicyclic amines) is 1. The van der Waals surface area contributed by atoms with Crippen molar-refractivity contribution in [3.05, 3.63) is 17.5 Å². The largest absolute Gasteiger partial charge is 0.480 e. The maximum absolute atomic E-state index is 12.3. The number of hydrogen-bond donors (Lipinski definition) is 1. The molecular weight excluding hydrogens is 248 g/mol. The average Bonchev–Trinajstić information content (AvgIpc) is 3.00. The van der Waals surface area contributed by atoms with Crippen LogP contribution in [0.1, 0.15) is 35.5 Å². The fraction of sp³-hybridized carbons (Fsp3) is 0.615. The van der Waals surface area contributed by atoms with Crippen molar-refractivity contribution in [2.75, 3.05) is 6.54 Å². The first-order chi connectivity index (χ1) is 9.08. The van der Waals surface area contributed by atoms with E-state index in [0.717, 1.165) is 19.3 Å². The highest BCUT2D eigenvalue weighted by Crippen LogP contribution is 2.42. The highest BCUT2D eigenvalue weighted by atomic mass is 16.5. The third-order valence-electron chi connectivity index (χ3n) is 4.24. The SMILES string of the molecule is Cc1cc(C(=O)N2CC3CCCC3C2C(=O)O)on1. The van der Waals surface area contributed by atoms with E-state index in [1.807, 2.05) is 0 Å². The molecule has 0 bridgehead atoms. The minimum absolute atomic E-state index is 0.0884. The van der Waals surface area contributed by atoms with Gasteiger partial charge in [-0.05, 0) is 31.6 Å². The third kappa shape index (κ3) is 1.91. The molecule has 2 fully saturated rings. The van der Waals surface area contributed by atoms with Crippen molar-refractivity contribution in [3.8, 4) is 0 Å². The Morgan fingerprint density at radius 1 is 1.47 bits per heavy atom. The van der Waals surface area contributed by atoms with Crippen LogP contribution >= 0.6 is 0 Å².